The molecule has 2 aromatic rings. The lowest BCUT2D eigenvalue weighted by molar-refractivity contribution is 0.199. The van der Waals surface area contributed by atoms with Crippen molar-refractivity contribution >= 4 is 23.1 Å². The first-order valence-electron chi connectivity index (χ1n) is 5.88. The number of nitrogens with zero attached hydrogens (tertiary/aromatic N) is 3. The highest BCUT2D eigenvalue weighted by molar-refractivity contribution is 6.31. The van der Waals surface area contributed by atoms with Crippen molar-refractivity contribution < 1.29 is 19.0 Å². The number of hydroxylamine groups is 1. The molecule has 0 atom stereocenters. The first-order chi connectivity index (χ1) is 10.0. The maximum atomic E-state index is 13.1. The fourth-order valence-electron chi connectivity index (χ4n) is 1.60. The molecule has 2 N–H and O–H groups in total. The number of nitrogens with one attached hydrogen (secondary N) is 1. The maximum Gasteiger partial charge on any atom is 0.181 e. The Morgan fingerprint density at radius 2 is 2.29 bits per heavy atom. The average Bonchev–Trinajstić information content (AvgIpc) is 2.94. The summed E-state index contributed by atoms with van der Waals surface area (Å²) in [7, 11) is 1.53. The van der Waals surface area contributed by atoms with E-state index in [4.69, 9.17) is 21.7 Å². The van der Waals surface area contributed by atoms with Gasteiger partial charge in [-0.2, -0.15) is 0 Å². The van der Waals surface area contributed by atoms with Gasteiger partial charge in [-0.05, 0) is 23.4 Å². The molecule has 0 aliphatic carbocycles. The number of ether oxygens (including phenoxy) is 1. The Hall–Kier alpha value is -2.03. The molecular weight excluding hydrogens is 303 g/mol. The monoisotopic (exact) mass is 314 g/mol. The number of aromatic nitrogens is 2. The molecule has 112 valence electrons. The normalized spacial score (nSPS) is 10.7. The van der Waals surface area contributed by atoms with Crippen LogP contribution in [0.15, 0.2) is 22.8 Å². The molecule has 21 heavy (non-hydrogen) atoms. The molecule has 0 saturated carbocycles. The third-order valence-electron chi connectivity index (χ3n) is 2.68. The molecule has 7 nitrogen and oxygen atoms in total. The lowest BCUT2D eigenvalue weighted by Crippen LogP contribution is -2.28. The number of amidine groups is 1. The van der Waals surface area contributed by atoms with E-state index >= 15 is 0 Å². The lowest BCUT2D eigenvalue weighted by atomic mass is 10.2. The number of benzene rings is 1. The summed E-state index contributed by atoms with van der Waals surface area (Å²) in [5.41, 5.74) is 0.552. The minimum atomic E-state index is -0.621. The second kappa shape index (κ2) is 6.61. The van der Waals surface area contributed by atoms with Crippen LogP contribution in [0.1, 0.15) is 11.4 Å². The van der Waals surface area contributed by atoms with Gasteiger partial charge in [0, 0.05) is 13.5 Å². The standard InChI is InChI=1S/C12H12ClFN4O3/c1-20-5-4-10-11(17-21-16-10)12(15)18(19)7-2-3-9(14)8(13)6-7/h2-3,6,15,19H,4-5H2,1H3. The Morgan fingerprint density at radius 3 is 2.95 bits per heavy atom. The van der Waals surface area contributed by atoms with E-state index in [9.17, 15) is 9.60 Å². The van der Waals surface area contributed by atoms with Gasteiger partial charge < -0.3 is 4.74 Å². The zero-order chi connectivity index (χ0) is 15.4. The van der Waals surface area contributed by atoms with E-state index in [0.717, 1.165) is 6.07 Å². The second-order valence-corrected chi connectivity index (χ2v) is 4.47. The molecule has 1 heterocycles. The minimum Gasteiger partial charge on any atom is -0.384 e. The SMILES string of the molecule is COCCc1nonc1C(=N)N(O)c1ccc(F)c(Cl)c1. The molecule has 0 radical (unpaired) electrons. The van der Waals surface area contributed by atoms with Crippen molar-refractivity contribution in [3.63, 3.8) is 0 Å². The van der Waals surface area contributed by atoms with E-state index in [1.165, 1.54) is 19.2 Å². The van der Waals surface area contributed by atoms with E-state index in [1.807, 2.05) is 0 Å². The summed E-state index contributed by atoms with van der Waals surface area (Å²) in [6.07, 6.45) is 0.371. The van der Waals surface area contributed by atoms with Gasteiger partial charge >= 0.3 is 0 Å². The third-order valence-corrected chi connectivity index (χ3v) is 2.97. The smallest absolute Gasteiger partial charge is 0.181 e. The quantitative estimate of drug-likeness (QED) is 0.499. The van der Waals surface area contributed by atoms with Gasteiger partial charge in [0.25, 0.3) is 0 Å². The zero-order valence-corrected chi connectivity index (χ0v) is 11.8. The van der Waals surface area contributed by atoms with E-state index < -0.39 is 5.82 Å². The Labute approximate surface area is 124 Å². The van der Waals surface area contributed by atoms with Crippen LogP contribution in [0.25, 0.3) is 0 Å². The highest BCUT2D eigenvalue weighted by Gasteiger charge is 2.21. The predicted octanol–water partition coefficient (Wildman–Crippen LogP) is 2.27. The molecule has 0 fully saturated rings. The minimum absolute atomic E-state index is 0.0648. The first kappa shape index (κ1) is 15.4. The van der Waals surface area contributed by atoms with Gasteiger partial charge in [0.15, 0.2) is 11.5 Å². The third kappa shape index (κ3) is 3.35. The summed E-state index contributed by atoms with van der Waals surface area (Å²) in [5.74, 6) is -0.991. The summed E-state index contributed by atoms with van der Waals surface area (Å²) in [5, 5.41) is 25.5. The van der Waals surface area contributed by atoms with E-state index in [0.29, 0.717) is 23.8 Å². The van der Waals surface area contributed by atoms with Crippen LogP contribution in [0.2, 0.25) is 5.02 Å². The Morgan fingerprint density at radius 1 is 1.52 bits per heavy atom. The maximum absolute atomic E-state index is 13.1. The number of methoxy groups -OCH3 is 1. The molecule has 9 heteroatoms. The van der Waals surface area contributed by atoms with Gasteiger partial charge in [-0.15, -0.1) is 0 Å². The molecule has 1 aromatic carbocycles. The van der Waals surface area contributed by atoms with Crippen LogP contribution in [0.4, 0.5) is 10.1 Å². The highest BCUT2D eigenvalue weighted by atomic mass is 35.5. The van der Waals surface area contributed by atoms with Crippen LogP contribution in [-0.2, 0) is 11.2 Å². The summed E-state index contributed by atoms with van der Waals surface area (Å²) in [4.78, 5) is 0. The highest BCUT2D eigenvalue weighted by Crippen LogP contribution is 2.23. The van der Waals surface area contributed by atoms with Gasteiger partial charge in [-0.1, -0.05) is 16.8 Å². The summed E-state index contributed by atoms with van der Waals surface area (Å²) >= 11 is 5.64. The Kier molecular flexibility index (Phi) is 4.84. The number of hydrogen-bond acceptors (Lipinski definition) is 6. The molecule has 0 amide bonds. The van der Waals surface area contributed by atoms with Crippen molar-refractivity contribution in [2.75, 3.05) is 18.8 Å². The van der Waals surface area contributed by atoms with Crippen LogP contribution in [-0.4, -0.2) is 35.1 Å². The van der Waals surface area contributed by atoms with E-state index in [-0.39, 0.29) is 22.2 Å². The number of anilines is 1. The van der Waals surface area contributed by atoms with Crippen LogP contribution in [0.5, 0.6) is 0 Å². The number of rotatable bonds is 5. The Balaban J connectivity index is 2.22. The van der Waals surface area contributed by atoms with Crippen molar-refractivity contribution in [2.45, 2.75) is 6.42 Å². The molecule has 0 spiro atoms. The molecule has 0 aliphatic heterocycles. The lowest BCUT2D eigenvalue weighted by Gasteiger charge is -2.16. The summed E-state index contributed by atoms with van der Waals surface area (Å²) < 4.78 is 22.6. The van der Waals surface area contributed by atoms with Crippen molar-refractivity contribution in [2.24, 2.45) is 0 Å². The topological polar surface area (TPSA) is 95.5 Å². The molecule has 0 saturated heterocycles. The van der Waals surface area contributed by atoms with Crippen molar-refractivity contribution in [3.05, 3.63) is 40.4 Å². The first-order valence-corrected chi connectivity index (χ1v) is 6.25. The van der Waals surface area contributed by atoms with Crippen LogP contribution >= 0.6 is 11.6 Å². The Bertz CT molecular complexity index is 649. The van der Waals surface area contributed by atoms with Gasteiger partial charge in [-0.25, -0.2) is 14.1 Å². The van der Waals surface area contributed by atoms with Crippen molar-refractivity contribution in [1.29, 1.82) is 5.41 Å². The van der Waals surface area contributed by atoms with Gasteiger partial charge in [-0.3, -0.25) is 10.6 Å². The van der Waals surface area contributed by atoms with Gasteiger partial charge in [0.2, 0.25) is 0 Å². The summed E-state index contributed by atoms with van der Waals surface area (Å²) in [6.45, 7) is 0.363. The largest absolute Gasteiger partial charge is 0.384 e. The molecule has 2 rings (SSSR count). The van der Waals surface area contributed by atoms with E-state index in [1.54, 1.807) is 0 Å². The number of hydrogen-bond donors (Lipinski definition) is 2. The number of halogens is 2. The van der Waals surface area contributed by atoms with Crippen LogP contribution < -0.4 is 5.06 Å². The fraction of sp³-hybridized carbons (Fsp3) is 0.250. The molecule has 1 aromatic heterocycles. The molecular formula is C12H12ClFN4O3. The summed E-state index contributed by atoms with van der Waals surface area (Å²) in [6, 6.07) is 3.55. The molecule has 0 unspecified atom stereocenters. The van der Waals surface area contributed by atoms with E-state index in [2.05, 4.69) is 14.9 Å². The zero-order valence-electron chi connectivity index (χ0n) is 11.0. The predicted molar refractivity (Wildman–Crippen MR) is 72.4 cm³/mol. The fourth-order valence-corrected chi connectivity index (χ4v) is 1.77. The van der Waals surface area contributed by atoms with Gasteiger partial charge in [0.1, 0.15) is 11.5 Å². The molecule has 0 bridgehead atoms. The molecule has 0 aliphatic rings. The van der Waals surface area contributed by atoms with Crippen LogP contribution in [0.3, 0.4) is 0 Å². The average molecular weight is 315 g/mol. The van der Waals surface area contributed by atoms with Crippen molar-refractivity contribution in [1.82, 2.24) is 10.3 Å². The van der Waals surface area contributed by atoms with Gasteiger partial charge in [0.05, 0.1) is 17.3 Å². The second-order valence-electron chi connectivity index (χ2n) is 4.06. The van der Waals surface area contributed by atoms with Crippen molar-refractivity contribution in [3.8, 4) is 0 Å². The van der Waals surface area contributed by atoms with Crippen LogP contribution in [0, 0.1) is 11.2 Å².